The lowest BCUT2D eigenvalue weighted by Gasteiger charge is -2.22. The molecule has 5 heteroatoms. The Hall–Kier alpha value is -2.95. The minimum atomic E-state index is -0.654. The van der Waals surface area contributed by atoms with Gasteiger partial charge in [-0.25, -0.2) is 4.39 Å². The second kappa shape index (κ2) is 8.78. The molecule has 0 aliphatic carbocycles. The number of likely N-dealkylation sites (N-methyl/N-ethyl adjacent to an activating group) is 1. The number of benzene rings is 2. The molecule has 1 unspecified atom stereocenters. The van der Waals surface area contributed by atoms with E-state index < -0.39 is 6.04 Å². The number of hydrogen-bond acceptors (Lipinski definition) is 2. The van der Waals surface area contributed by atoms with Gasteiger partial charge in [0, 0.05) is 19.7 Å². The maximum Gasteiger partial charge on any atom is 0.244 e. The van der Waals surface area contributed by atoms with E-state index in [4.69, 9.17) is 0 Å². The summed E-state index contributed by atoms with van der Waals surface area (Å²) >= 11 is 0. The zero-order chi connectivity index (χ0) is 18.2. The van der Waals surface area contributed by atoms with Crippen molar-refractivity contribution in [2.75, 3.05) is 7.05 Å². The van der Waals surface area contributed by atoms with Crippen molar-refractivity contribution in [3.63, 3.8) is 0 Å². The third-order valence-electron chi connectivity index (χ3n) is 3.67. The minimum absolute atomic E-state index is 0.217. The molecule has 0 heterocycles. The Morgan fingerprint density at radius 1 is 1.12 bits per heavy atom. The molecular weight excluding hydrogens is 319 g/mol. The first-order valence-electron chi connectivity index (χ1n) is 7.99. The van der Waals surface area contributed by atoms with Gasteiger partial charge in [-0.05, 0) is 36.3 Å². The predicted molar refractivity (Wildman–Crippen MR) is 96.0 cm³/mol. The number of amides is 2. The van der Waals surface area contributed by atoms with Crippen molar-refractivity contribution >= 4 is 17.9 Å². The van der Waals surface area contributed by atoms with Crippen LogP contribution in [0.15, 0.2) is 60.7 Å². The molecule has 1 atom stereocenters. The highest BCUT2D eigenvalue weighted by molar-refractivity contribution is 5.95. The maximum atomic E-state index is 12.9. The van der Waals surface area contributed by atoms with Crippen LogP contribution in [0.2, 0.25) is 0 Å². The van der Waals surface area contributed by atoms with Gasteiger partial charge in [0.25, 0.3) is 0 Å². The molecule has 2 aromatic carbocycles. The highest BCUT2D eigenvalue weighted by atomic mass is 19.1. The van der Waals surface area contributed by atoms with Crippen LogP contribution in [0.4, 0.5) is 4.39 Å². The maximum absolute atomic E-state index is 12.9. The molecule has 0 aromatic heterocycles. The van der Waals surface area contributed by atoms with E-state index in [1.165, 1.54) is 23.1 Å². The predicted octanol–water partition coefficient (Wildman–Crippen LogP) is 3.00. The Balaban J connectivity index is 1.87. The Morgan fingerprint density at radius 2 is 1.76 bits per heavy atom. The molecule has 0 bridgehead atoms. The van der Waals surface area contributed by atoms with Crippen LogP contribution in [0.1, 0.15) is 18.1 Å². The van der Waals surface area contributed by atoms with Gasteiger partial charge >= 0.3 is 0 Å². The van der Waals surface area contributed by atoms with Gasteiger partial charge in [0.2, 0.25) is 11.8 Å². The molecule has 0 radical (unpaired) electrons. The normalized spacial score (nSPS) is 12.0. The molecule has 0 saturated carbocycles. The summed E-state index contributed by atoms with van der Waals surface area (Å²) in [5, 5.41) is 2.65. The van der Waals surface area contributed by atoms with E-state index in [2.05, 4.69) is 5.32 Å². The van der Waals surface area contributed by atoms with E-state index in [-0.39, 0.29) is 17.6 Å². The van der Waals surface area contributed by atoms with Crippen LogP contribution in [-0.2, 0) is 16.1 Å². The first kappa shape index (κ1) is 18.4. The Bertz CT molecular complexity index is 742. The summed E-state index contributed by atoms with van der Waals surface area (Å²) in [6.45, 7) is 1.98. The molecule has 2 amide bonds. The molecule has 25 heavy (non-hydrogen) atoms. The van der Waals surface area contributed by atoms with Gasteiger partial charge in [-0.3, -0.25) is 9.59 Å². The fourth-order valence-corrected chi connectivity index (χ4v) is 2.33. The molecule has 2 rings (SSSR count). The summed E-state index contributed by atoms with van der Waals surface area (Å²) in [6.07, 6.45) is 3.09. The van der Waals surface area contributed by atoms with Crippen LogP contribution in [0.3, 0.4) is 0 Å². The number of hydrogen-bond donors (Lipinski definition) is 1. The molecule has 0 aliphatic heterocycles. The zero-order valence-electron chi connectivity index (χ0n) is 14.3. The number of carbonyl (C=O) groups is 2. The molecule has 0 aliphatic rings. The first-order chi connectivity index (χ1) is 12.0. The summed E-state index contributed by atoms with van der Waals surface area (Å²) in [7, 11) is 1.65. The largest absolute Gasteiger partial charge is 0.341 e. The van der Waals surface area contributed by atoms with E-state index in [1.807, 2.05) is 30.3 Å². The van der Waals surface area contributed by atoms with Crippen molar-refractivity contribution in [1.29, 1.82) is 0 Å². The second-order valence-electron chi connectivity index (χ2n) is 5.80. The summed E-state index contributed by atoms with van der Waals surface area (Å²) in [6, 6.07) is 14.7. The van der Waals surface area contributed by atoms with Crippen LogP contribution in [0, 0.1) is 5.82 Å². The standard InChI is InChI=1S/C20H21FN2O2/c1-15(22-19(24)13-10-16-6-4-3-5-7-16)20(25)23(2)14-17-8-11-18(21)12-9-17/h3-13,15H,14H2,1-2H3,(H,22,24)/b13-10+. The summed E-state index contributed by atoms with van der Waals surface area (Å²) < 4.78 is 12.9. The van der Waals surface area contributed by atoms with Crippen LogP contribution in [0.5, 0.6) is 0 Å². The van der Waals surface area contributed by atoms with Crippen LogP contribution >= 0.6 is 0 Å². The van der Waals surface area contributed by atoms with Crippen molar-refractivity contribution in [1.82, 2.24) is 10.2 Å². The van der Waals surface area contributed by atoms with Crippen molar-refractivity contribution in [2.24, 2.45) is 0 Å². The first-order valence-corrected chi connectivity index (χ1v) is 7.99. The third kappa shape index (κ3) is 5.88. The summed E-state index contributed by atoms with van der Waals surface area (Å²) in [5.74, 6) is -0.866. The van der Waals surface area contributed by atoms with E-state index in [1.54, 1.807) is 32.2 Å². The molecule has 2 aromatic rings. The van der Waals surface area contributed by atoms with E-state index in [0.717, 1.165) is 11.1 Å². The lowest BCUT2D eigenvalue weighted by molar-refractivity contribution is -0.134. The van der Waals surface area contributed by atoms with Crippen molar-refractivity contribution < 1.29 is 14.0 Å². The molecular formula is C20H21FN2O2. The smallest absolute Gasteiger partial charge is 0.244 e. The molecule has 0 spiro atoms. The Kier molecular flexibility index (Phi) is 6.46. The minimum Gasteiger partial charge on any atom is -0.341 e. The molecule has 130 valence electrons. The fourth-order valence-electron chi connectivity index (χ4n) is 2.33. The van der Waals surface area contributed by atoms with Crippen molar-refractivity contribution in [3.8, 4) is 0 Å². The number of nitrogens with zero attached hydrogens (tertiary/aromatic N) is 1. The lowest BCUT2D eigenvalue weighted by atomic mass is 10.2. The van der Waals surface area contributed by atoms with Gasteiger partial charge in [0.15, 0.2) is 0 Å². The van der Waals surface area contributed by atoms with Gasteiger partial charge in [-0.15, -0.1) is 0 Å². The quantitative estimate of drug-likeness (QED) is 0.822. The van der Waals surface area contributed by atoms with Crippen LogP contribution in [0.25, 0.3) is 6.08 Å². The topological polar surface area (TPSA) is 49.4 Å². The van der Waals surface area contributed by atoms with Crippen molar-refractivity contribution in [3.05, 3.63) is 77.6 Å². The van der Waals surface area contributed by atoms with Gasteiger partial charge in [0.05, 0.1) is 0 Å². The fraction of sp³-hybridized carbons (Fsp3) is 0.200. The number of rotatable bonds is 6. The van der Waals surface area contributed by atoms with Gasteiger partial charge < -0.3 is 10.2 Å². The monoisotopic (exact) mass is 340 g/mol. The van der Waals surface area contributed by atoms with E-state index >= 15 is 0 Å². The summed E-state index contributed by atoms with van der Waals surface area (Å²) in [5.41, 5.74) is 1.73. The average molecular weight is 340 g/mol. The zero-order valence-corrected chi connectivity index (χ0v) is 14.3. The van der Waals surface area contributed by atoms with Crippen LogP contribution < -0.4 is 5.32 Å². The lowest BCUT2D eigenvalue weighted by Crippen LogP contribution is -2.44. The molecule has 1 N–H and O–H groups in total. The van der Waals surface area contributed by atoms with E-state index in [9.17, 15) is 14.0 Å². The number of nitrogens with one attached hydrogen (secondary N) is 1. The third-order valence-corrected chi connectivity index (χ3v) is 3.67. The van der Waals surface area contributed by atoms with Gasteiger partial charge in [0.1, 0.15) is 11.9 Å². The van der Waals surface area contributed by atoms with Gasteiger partial charge in [-0.1, -0.05) is 42.5 Å². The second-order valence-corrected chi connectivity index (χ2v) is 5.80. The number of carbonyl (C=O) groups excluding carboxylic acids is 2. The highest BCUT2D eigenvalue weighted by Crippen LogP contribution is 2.07. The van der Waals surface area contributed by atoms with Gasteiger partial charge in [-0.2, -0.15) is 0 Å². The van der Waals surface area contributed by atoms with E-state index in [0.29, 0.717) is 6.54 Å². The molecule has 4 nitrogen and oxygen atoms in total. The average Bonchev–Trinajstić information content (AvgIpc) is 2.62. The Morgan fingerprint density at radius 3 is 2.40 bits per heavy atom. The van der Waals surface area contributed by atoms with Crippen molar-refractivity contribution in [2.45, 2.75) is 19.5 Å². The molecule has 0 saturated heterocycles. The van der Waals surface area contributed by atoms with Crippen LogP contribution in [-0.4, -0.2) is 29.8 Å². The molecule has 0 fully saturated rings. The SMILES string of the molecule is CC(NC(=O)/C=C/c1ccccc1)C(=O)N(C)Cc1ccc(F)cc1. The highest BCUT2D eigenvalue weighted by Gasteiger charge is 2.18. The summed E-state index contributed by atoms with van der Waals surface area (Å²) in [4.78, 5) is 25.8. The Labute approximate surface area is 147 Å². The number of halogens is 1.